The van der Waals surface area contributed by atoms with Crippen LogP contribution in [0.3, 0.4) is 0 Å². The van der Waals surface area contributed by atoms with Gasteiger partial charge in [-0.15, -0.1) is 0 Å². The average Bonchev–Trinajstić information content (AvgIpc) is 3.18. The van der Waals surface area contributed by atoms with E-state index in [1.54, 1.807) is 34.4 Å². The minimum absolute atomic E-state index is 0. The molecule has 3 rings (SSSR count). The van der Waals surface area contributed by atoms with E-state index in [-0.39, 0.29) is 151 Å². The zero-order valence-electron chi connectivity index (χ0n) is 14.9. The van der Waals surface area contributed by atoms with Crippen molar-refractivity contribution in [3.8, 4) is 23.7 Å². The zero-order valence-corrected chi connectivity index (χ0v) is 17.7. The minimum atomic E-state index is 0. The monoisotopic (exact) mass is 446 g/mol. The van der Waals surface area contributed by atoms with Crippen LogP contribution in [0.15, 0.2) is 70.9 Å². The Morgan fingerprint density at radius 2 is 1.08 bits per heavy atom. The van der Waals surface area contributed by atoms with E-state index in [0.29, 0.717) is 0 Å². The molecule has 0 bridgehead atoms. The summed E-state index contributed by atoms with van der Waals surface area (Å²) in [6.45, 7) is 3.85. The van der Waals surface area contributed by atoms with Crippen molar-refractivity contribution in [3.05, 3.63) is 70.9 Å². The summed E-state index contributed by atoms with van der Waals surface area (Å²) in [4.78, 5) is 0. The van der Waals surface area contributed by atoms with Crippen LogP contribution in [0.25, 0.3) is 0 Å². The first-order valence-corrected chi connectivity index (χ1v) is 7.87. The number of rotatable bonds is 0. The quantitative estimate of drug-likeness (QED) is 0.435. The van der Waals surface area contributed by atoms with Gasteiger partial charge < -0.3 is 0 Å². The third-order valence-electron chi connectivity index (χ3n) is 3.79. The predicted octanol–water partition coefficient (Wildman–Crippen LogP) is 5.44. The largest absolute Gasteiger partial charge is 0.0798 e. The van der Waals surface area contributed by atoms with Crippen molar-refractivity contribution in [3.63, 3.8) is 0 Å². The Hall–Kier alpha value is 2.60. The number of fused-ring (bicyclic) bond motifs is 1. The SMILES string of the molecule is C/C=C\C#CC#C/C=C\C.C1=CC2=C(C1)C1=C(C=CC1)CC2.[Ar].[Ar].[Ar].[Ar]. The Labute approximate surface area is 279 Å². The summed E-state index contributed by atoms with van der Waals surface area (Å²) in [5.41, 5.74) is 6.50. The molecule has 3 aliphatic carbocycles. The topological polar surface area (TPSA) is 0 Å². The molecule has 3 aliphatic rings. The van der Waals surface area contributed by atoms with Gasteiger partial charge in [0.1, 0.15) is 0 Å². The van der Waals surface area contributed by atoms with E-state index in [2.05, 4.69) is 48.0 Å². The van der Waals surface area contributed by atoms with Gasteiger partial charge in [0.05, 0.1) is 0 Å². The minimum Gasteiger partial charge on any atom is -0.0798 e. The fourth-order valence-corrected chi connectivity index (χ4v) is 2.80. The van der Waals surface area contributed by atoms with Crippen molar-refractivity contribution < 1.29 is 151 Å². The molecule has 0 aliphatic heterocycles. The molecule has 0 amide bonds. The zero-order chi connectivity index (χ0) is 15.6. The third-order valence-corrected chi connectivity index (χ3v) is 3.79. The Balaban J connectivity index is -0.000000359. The van der Waals surface area contributed by atoms with E-state index in [1.807, 2.05) is 26.0 Å². The molecule has 4 heteroatoms. The molecule has 0 aromatic heterocycles. The molecule has 0 spiro atoms. The Morgan fingerprint density at radius 3 is 1.42 bits per heavy atom. The van der Waals surface area contributed by atoms with Crippen LogP contribution in [0.1, 0.15) is 39.5 Å². The molecule has 26 heavy (non-hydrogen) atoms. The van der Waals surface area contributed by atoms with Crippen molar-refractivity contribution in [1.82, 2.24) is 0 Å². The predicted molar refractivity (Wildman–Crippen MR) is 96.0 cm³/mol. The maximum Gasteiger partial charge on any atom is 0 e. The van der Waals surface area contributed by atoms with Gasteiger partial charge in [0, 0.05) is 151 Å². The van der Waals surface area contributed by atoms with Crippen molar-refractivity contribution in [1.29, 1.82) is 0 Å². The first-order chi connectivity index (χ1) is 10.9. The third kappa shape index (κ3) is 11.7. The van der Waals surface area contributed by atoms with Crippen LogP contribution < -0.4 is 0 Å². The first-order valence-electron chi connectivity index (χ1n) is 7.87. The fraction of sp³-hybridized carbons (Fsp3) is 0.273. The smallest absolute Gasteiger partial charge is 0 e. The van der Waals surface area contributed by atoms with Gasteiger partial charge in [-0.3, -0.25) is 0 Å². The number of allylic oxidation sites excluding steroid dienone is 12. The van der Waals surface area contributed by atoms with Crippen molar-refractivity contribution >= 4 is 0 Å². The van der Waals surface area contributed by atoms with Crippen LogP contribution in [0.4, 0.5) is 0 Å². The van der Waals surface area contributed by atoms with Gasteiger partial charge in [0.25, 0.3) is 0 Å². The van der Waals surface area contributed by atoms with E-state index >= 15 is 0 Å². The Morgan fingerprint density at radius 1 is 0.692 bits per heavy atom. The number of hydrogen-bond donors (Lipinski definition) is 0. The summed E-state index contributed by atoms with van der Waals surface area (Å²) in [7, 11) is 0. The van der Waals surface area contributed by atoms with Gasteiger partial charge in [0.2, 0.25) is 0 Å². The molecule has 0 atom stereocenters. The van der Waals surface area contributed by atoms with E-state index < -0.39 is 0 Å². The van der Waals surface area contributed by atoms with E-state index in [9.17, 15) is 0 Å². The summed E-state index contributed by atoms with van der Waals surface area (Å²) in [6, 6.07) is 0. The van der Waals surface area contributed by atoms with Gasteiger partial charge in [-0.25, -0.2) is 0 Å². The second-order valence-corrected chi connectivity index (χ2v) is 5.26. The summed E-state index contributed by atoms with van der Waals surface area (Å²) < 4.78 is 0. The van der Waals surface area contributed by atoms with Crippen molar-refractivity contribution in [2.45, 2.75) is 39.5 Å². The average molecular weight is 446 g/mol. The Kier molecular flexibility index (Phi) is 26.7. The van der Waals surface area contributed by atoms with Crippen molar-refractivity contribution in [2.75, 3.05) is 0 Å². The van der Waals surface area contributed by atoms with E-state index in [0.717, 1.165) is 0 Å². The van der Waals surface area contributed by atoms with Gasteiger partial charge in [0.15, 0.2) is 0 Å². The summed E-state index contributed by atoms with van der Waals surface area (Å²) >= 11 is 0. The Bertz CT molecular complexity index is 660. The second-order valence-electron chi connectivity index (χ2n) is 5.26. The van der Waals surface area contributed by atoms with Crippen LogP contribution in [0.2, 0.25) is 0 Å². The first kappa shape index (κ1) is 33.2. The molecule has 0 aromatic carbocycles. The van der Waals surface area contributed by atoms with Crippen LogP contribution in [-0.2, 0) is 0 Å². The molecule has 0 saturated carbocycles. The van der Waals surface area contributed by atoms with Gasteiger partial charge in [-0.1, -0.05) is 48.3 Å². The summed E-state index contributed by atoms with van der Waals surface area (Å²) in [6.07, 6.45) is 21.5. The molecular weight excluding hydrogens is 424 g/mol. The van der Waals surface area contributed by atoms with Crippen LogP contribution >= 0.6 is 0 Å². The van der Waals surface area contributed by atoms with Crippen LogP contribution in [-0.4, -0.2) is 0 Å². The van der Waals surface area contributed by atoms with Gasteiger partial charge in [-0.2, -0.15) is 0 Å². The maximum absolute atomic E-state index is 2.76. The molecule has 0 radical (unpaired) electrons. The van der Waals surface area contributed by atoms with E-state index in [1.165, 1.54) is 25.7 Å². The van der Waals surface area contributed by atoms with Crippen molar-refractivity contribution in [2.24, 2.45) is 0 Å². The second kappa shape index (κ2) is 20.9. The summed E-state index contributed by atoms with van der Waals surface area (Å²) in [5, 5.41) is 0. The summed E-state index contributed by atoms with van der Waals surface area (Å²) in [5.74, 6) is 10.9. The molecular formula is C22H22Ar4. The van der Waals surface area contributed by atoms with E-state index in [4.69, 9.17) is 0 Å². The van der Waals surface area contributed by atoms with Crippen LogP contribution in [0, 0.1) is 175 Å². The molecule has 0 nitrogen and oxygen atoms in total. The molecule has 0 unspecified atom stereocenters. The number of hydrogen-bond acceptors (Lipinski definition) is 0. The molecule has 0 heterocycles. The molecule has 0 N–H and O–H groups in total. The molecule has 0 saturated heterocycles. The fourth-order valence-electron chi connectivity index (χ4n) is 2.80. The maximum atomic E-state index is 2.76. The molecule has 0 aromatic rings. The van der Waals surface area contributed by atoms with Crippen LogP contribution in [0.5, 0.6) is 0 Å². The normalized spacial score (nSPS) is 15.0. The van der Waals surface area contributed by atoms with Gasteiger partial charge in [-0.05, 0) is 85.8 Å². The molecule has 142 valence electrons. The standard InChI is InChI=1S/C12H12.C10H10.4Ar/c1-3-9-7-8-10-4-2-6-12(10)11(9)5-1;1-3-5-7-9-10-8-6-4-2;;;;/h1-4H,5-8H2;3-6H,1-2H3;;;;/b;5-3-,6-4-;;;;. The molecule has 0 fully saturated rings. The van der Waals surface area contributed by atoms with Gasteiger partial charge >= 0.3 is 0 Å².